The van der Waals surface area contributed by atoms with Gasteiger partial charge in [-0.25, -0.2) is 13.4 Å². The van der Waals surface area contributed by atoms with Crippen LogP contribution in [0.3, 0.4) is 0 Å². The molecule has 1 heterocycles. The van der Waals surface area contributed by atoms with E-state index in [1.807, 2.05) is 26.0 Å². The van der Waals surface area contributed by atoms with Crippen molar-refractivity contribution in [2.24, 2.45) is 0 Å². The van der Waals surface area contributed by atoms with Crippen molar-refractivity contribution in [1.82, 2.24) is 4.98 Å². The molecule has 0 saturated heterocycles. The van der Waals surface area contributed by atoms with Crippen LogP contribution < -0.4 is 10.0 Å². The third-order valence-electron chi connectivity index (χ3n) is 4.83. The van der Waals surface area contributed by atoms with Crippen LogP contribution in [0.4, 0.5) is 10.8 Å². The minimum absolute atomic E-state index is 0.0973. The number of anilines is 2. The molecule has 2 N–H and O–H groups in total. The molecule has 4 aromatic rings. The van der Waals surface area contributed by atoms with Crippen LogP contribution in [0.1, 0.15) is 21.5 Å². The van der Waals surface area contributed by atoms with Crippen LogP contribution >= 0.6 is 22.9 Å². The first-order valence-corrected chi connectivity index (χ1v) is 12.0. The van der Waals surface area contributed by atoms with Crippen molar-refractivity contribution >= 4 is 59.9 Å². The summed E-state index contributed by atoms with van der Waals surface area (Å²) in [6.07, 6.45) is 0. The molecule has 0 fully saturated rings. The highest BCUT2D eigenvalue weighted by molar-refractivity contribution is 7.92. The maximum Gasteiger partial charge on any atom is 0.261 e. The van der Waals surface area contributed by atoms with Crippen LogP contribution in [0.2, 0.25) is 5.02 Å². The number of nitrogens with zero attached hydrogens (tertiary/aromatic N) is 1. The first kappa shape index (κ1) is 21.3. The Kier molecular flexibility index (Phi) is 5.70. The van der Waals surface area contributed by atoms with Gasteiger partial charge in [-0.05, 0) is 79.6 Å². The lowest BCUT2D eigenvalue weighted by atomic mass is 10.1. The molecule has 6 nitrogen and oxygen atoms in total. The standard InChI is InChI=1S/C22H18ClN3O3S2/c1-13-3-12-19-20(14(13)2)24-22(30-19)25-21(27)15-4-8-17(9-5-15)26-31(28,29)18-10-6-16(23)7-11-18/h3-12,26H,1-2H3,(H,24,25,27). The maximum atomic E-state index is 12.6. The van der Waals surface area contributed by atoms with Gasteiger partial charge in [-0.2, -0.15) is 0 Å². The van der Waals surface area contributed by atoms with Crippen LogP contribution in [-0.4, -0.2) is 19.3 Å². The number of nitrogens with one attached hydrogen (secondary N) is 2. The number of amides is 1. The number of sulfonamides is 1. The van der Waals surface area contributed by atoms with Gasteiger partial charge in [0, 0.05) is 16.3 Å². The monoisotopic (exact) mass is 471 g/mol. The average Bonchev–Trinajstić information content (AvgIpc) is 3.14. The quantitative estimate of drug-likeness (QED) is 0.395. The number of hydrogen-bond donors (Lipinski definition) is 2. The van der Waals surface area contributed by atoms with Crippen LogP contribution in [0, 0.1) is 13.8 Å². The number of benzene rings is 3. The summed E-state index contributed by atoms with van der Waals surface area (Å²) < 4.78 is 28.4. The largest absolute Gasteiger partial charge is 0.298 e. The number of fused-ring (bicyclic) bond motifs is 1. The van der Waals surface area contributed by atoms with E-state index in [0.717, 1.165) is 21.3 Å². The van der Waals surface area contributed by atoms with Gasteiger partial charge in [0.05, 0.1) is 15.1 Å². The van der Waals surface area contributed by atoms with Gasteiger partial charge in [0.25, 0.3) is 15.9 Å². The van der Waals surface area contributed by atoms with E-state index < -0.39 is 10.0 Å². The molecule has 0 unspecified atom stereocenters. The lowest BCUT2D eigenvalue weighted by Crippen LogP contribution is -2.14. The van der Waals surface area contributed by atoms with Crippen LogP contribution in [-0.2, 0) is 10.0 Å². The van der Waals surface area contributed by atoms with E-state index in [4.69, 9.17) is 11.6 Å². The van der Waals surface area contributed by atoms with Crippen molar-refractivity contribution in [1.29, 1.82) is 0 Å². The lowest BCUT2D eigenvalue weighted by molar-refractivity contribution is 0.102. The fraction of sp³-hybridized carbons (Fsp3) is 0.0909. The van der Waals surface area contributed by atoms with E-state index in [0.29, 0.717) is 21.4 Å². The number of aryl methyl sites for hydroxylation is 2. The predicted octanol–water partition coefficient (Wildman–Crippen LogP) is 5.62. The fourth-order valence-electron chi connectivity index (χ4n) is 2.97. The van der Waals surface area contributed by atoms with Gasteiger partial charge >= 0.3 is 0 Å². The van der Waals surface area contributed by atoms with Crippen molar-refractivity contribution in [3.05, 3.63) is 82.4 Å². The van der Waals surface area contributed by atoms with Crippen molar-refractivity contribution in [3.8, 4) is 0 Å². The van der Waals surface area contributed by atoms with Crippen molar-refractivity contribution in [2.75, 3.05) is 10.0 Å². The smallest absolute Gasteiger partial charge is 0.261 e. The third kappa shape index (κ3) is 4.56. The number of thiazole rings is 1. The SMILES string of the molecule is Cc1ccc2sc(NC(=O)c3ccc(NS(=O)(=O)c4ccc(Cl)cc4)cc3)nc2c1C. The molecular formula is C22H18ClN3O3S2. The number of halogens is 1. The Morgan fingerprint density at radius 1 is 0.968 bits per heavy atom. The van der Waals surface area contributed by atoms with Crippen LogP contribution in [0.5, 0.6) is 0 Å². The zero-order valence-electron chi connectivity index (χ0n) is 16.6. The Bertz CT molecular complexity index is 1380. The maximum absolute atomic E-state index is 12.6. The van der Waals surface area contributed by atoms with Gasteiger partial charge in [-0.3, -0.25) is 14.8 Å². The highest BCUT2D eigenvalue weighted by atomic mass is 35.5. The summed E-state index contributed by atoms with van der Waals surface area (Å²) in [6.45, 7) is 4.03. The second-order valence-electron chi connectivity index (χ2n) is 6.96. The minimum atomic E-state index is -3.75. The Balaban J connectivity index is 1.48. The lowest BCUT2D eigenvalue weighted by Gasteiger charge is -2.09. The molecule has 4 rings (SSSR count). The normalized spacial score (nSPS) is 11.5. The molecule has 158 valence electrons. The summed E-state index contributed by atoms with van der Waals surface area (Å²) >= 11 is 7.22. The van der Waals surface area contributed by atoms with E-state index in [1.165, 1.54) is 47.7 Å². The summed E-state index contributed by atoms with van der Waals surface area (Å²) in [4.78, 5) is 17.2. The summed E-state index contributed by atoms with van der Waals surface area (Å²) in [7, 11) is -3.75. The van der Waals surface area contributed by atoms with E-state index in [-0.39, 0.29) is 10.8 Å². The third-order valence-corrected chi connectivity index (χ3v) is 7.41. The second-order valence-corrected chi connectivity index (χ2v) is 10.1. The van der Waals surface area contributed by atoms with Gasteiger partial charge in [0.15, 0.2) is 5.13 Å². The molecule has 0 aliphatic heterocycles. The van der Waals surface area contributed by atoms with E-state index in [2.05, 4.69) is 15.0 Å². The van der Waals surface area contributed by atoms with Crippen LogP contribution in [0.15, 0.2) is 65.6 Å². The molecule has 0 radical (unpaired) electrons. The Morgan fingerprint density at radius 3 is 2.32 bits per heavy atom. The highest BCUT2D eigenvalue weighted by Crippen LogP contribution is 2.30. The Labute approximate surface area is 189 Å². The van der Waals surface area contributed by atoms with E-state index in [1.54, 1.807) is 12.1 Å². The fourth-order valence-corrected chi connectivity index (χ4v) is 5.07. The average molecular weight is 472 g/mol. The summed E-state index contributed by atoms with van der Waals surface area (Å²) in [5.74, 6) is -0.319. The molecular weight excluding hydrogens is 454 g/mol. The van der Waals surface area contributed by atoms with Gasteiger partial charge in [-0.15, -0.1) is 0 Å². The van der Waals surface area contributed by atoms with Gasteiger partial charge in [0.2, 0.25) is 0 Å². The molecule has 0 saturated carbocycles. The zero-order valence-corrected chi connectivity index (χ0v) is 19.0. The van der Waals surface area contributed by atoms with E-state index >= 15 is 0 Å². The van der Waals surface area contributed by atoms with Crippen molar-refractivity contribution < 1.29 is 13.2 Å². The van der Waals surface area contributed by atoms with Gasteiger partial charge in [-0.1, -0.05) is 29.0 Å². The number of rotatable bonds is 5. The molecule has 0 aliphatic carbocycles. The zero-order chi connectivity index (χ0) is 22.2. The Hall–Kier alpha value is -2.94. The predicted molar refractivity (Wildman–Crippen MR) is 126 cm³/mol. The van der Waals surface area contributed by atoms with E-state index in [9.17, 15) is 13.2 Å². The molecule has 3 aromatic carbocycles. The molecule has 0 bridgehead atoms. The molecule has 0 spiro atoms. The first-order valence-electron chi connectivity index (χ1n) is 9.29. The number of hydrogen-bond acceptors (Lipinski definition) is 5. The first-order chi connectivity index (χ1) is 14.7. The number of carbonyl (C=O) groups excluding carboxylic acids is 1. The molecule has 1 amide bonds. The molecule has 31 heavy (non-hydrogen) atoms. The molecule has 9 heteroatoms. The minimum Gasteiger partial charge on any atom is -0.298 e. The van der Waals surface area contributed by atoms with Crippen molar-refractivity contribution in [3.63, 3.8) is 0 Å². The summed E-state index contributed by atoms with van der Waals surface area (Å²) in [6, 6.07) is 16.1. The van der Waals surface area contributed by atoms with Crippen molar-refractivity contribution in [2.45, 2.75) is 18.7 Å². The highest BCUT2D eigenvalue weighted by Gasteiger charge is 2.15. The summed E-state index contributed by atoms with van der Waals surface area (Å²) in [5, 5.41) is 3.78. The van der Waals surface area contributed by atoms with Crippen LogP contribution in [0.25, 0.3) is 10.2 Å². The molecule has 1 aromatic heterocycles. The van der Waals surface area contributed by atoms with Gasteiger partial charge < -0.3 is 0 Å². The summed E-state index contributed by atoms with van der Waals surface area (Å²) in [5.41, 5.74) is 3.85. The number of carbonyl (C=O) groups is 1. The van der Waals surface area contributed by atoms with Gasteiger partial charge in [0.1, 0.15) is 0 Å². The molecule has 0 atom stereocenters. The number of aromatic nitrogens is 1. The second kappa shape index (κ2) is 8.30. The topological polar surface area (TPSA) is 88.2 Å². The Morgan fingerprint density at radius 2 is 1.65 bits per heavy atom. The molecule has 0 aliphatic rings.